The molecule has 1 aromatic rings. The maximum absolute atomic E-state index is 13.3. The zero-order valence-corrected chi connectivity index (χ0v) is 19.9. The fraction of sp³-hybridized carbons (Fsp3) is 0.680. The molecule has 3 aliphatic rings. The van der Waals surface area contributed by atoms with Gasteiger partial charge >= 0.3 is 0 Å². The Hall–Kier alpha value is -1.63. The van der Waals surface area contributed by atoms with E-state index in [1.54, 1.807) is 12.1 Å². The lowest BCUT2D eigenvalue weighted by Gasteiger charge is -2.41. The van der Waals surface area contributed by atoms with Crippen molar-refractivity contribution in [3.63, 3.8) is 0 Å². The van der Waals surface area contributed by atoms with Crippen molar-refractivity contribution in [2.24, 2.45) is 5.92 Å². The Morgan fingerprint density at radius 1 is 0.938 bits per heavy atom. The van der Waals surface area contributed by atoms with Gasteiger partial charge in [-0.3, -0.25) is 14.5 Å². The third-order valence-electron chi connectivity index (χ3n) is 7.39. The van der Waals surface area contributed by atoms with Crippen LogP contribution in [-0.2, 0) is 4.79 Å². The molecule has 2 saturated heterocycles. The van der Waals surface area contributed by atoms with Crippen LogP contribution >= 0.6 is 11.6 Å². The van der Waals surface area contributed by atoms with Crippen molar-refractivity contribution in [2.75, 3.05) is 52.4 Å². The van der Waals surface area contributed by atoms with E-state index in [1.807, 2.05) is 17.0 Å². The molecule has 2 amide bonds. The third-order valence-corrected chi connectivity index (χ3v) is 7.72. The molecule has 1 atom stereocenters. The van der Waals surface area contributed by atoms with Gasteiger partial charge in [0.25, 0.3) is 5.91 Å². The SMILES string of the molecule is O=C(NCCN1CCCCC1)[C@H](C1CCCC1)N1CCN(C(=O)c2ccccc2Cl)CC1. The number of carbonyl (C=O) groups excluding carboxylic acids is 2. The second-order valence-corrected chi connectivity index (χ2v) is 9.90. The quantitative estimate of drug-likeness (QED) is 0.678. The second kappa shape index (κ2) is 11.5. The average molecular weight is 461 g/mol. The fourth-order valence-electron chi connectivity index (χ4n) is 5.58. The molecule has 1 aliphatic carbocycles. The molecule has 176 valence electrons. The van der Waals surface area contributed by atoms with Crippen molar-refractivity contribution in [3.05, 3.63) is 34.9 Å². The third kappa shape index (κ3) is 5.83. The molecule has 1 N–H and O–H groups in total. The van der Waals surface area contributed by atoms with E-state index in [2.05, 4.69) is 15.1 Å². The Balaban J connectivity index is 1.32. The fourth-order valence-corrected chi connectivity index (χ4v) is 5.80. The second-order valence-electron chi connectivity index (χ2n) is 9.49. The summed E-state index contributed by atoms with van der Waals surface area (Å²) in [6.07, 6.45) is 8.57. The van der Waals surface area contributed by atoms with Crippen LogP contribution in [0.2, 0.25) is 5.02 Å². The molecule has 2 heterocycles. The molecule has 1 aromatic carbocycles. The van der Waals surface area contributed by atoms with Crippen LogP contribution in [0.5, 0.6) is 0 Å². The van der Waals surface area contributed by atoms with Gasteiger partial charge in [-0.25, -0.2) is 0 Å². The molecule has 0 spiro atoms. The van der Waals surface area contributed by atoms with Crippen LogP contribution < -0.4 is 5.32 Å². The summed E-state index contributed by atoms with van der Waals surface area (Å²) in [5, 5.41) is 3.75. The molecule has 7 heteroatoms. The molecule has 2 aliphatic heterocycles. The number of benzene rings is 1. The number of nitrogens with zero attached hydrogens (tertiary/aromatic N) is 3. The van der Waals surface area contributed by atoms with E-state index < -0.39 is 0 Å². The maximum atomic E-state index is 13.3. The van der Waals surface area contributed by atoms with E-state index >= 15 is 0 Å². The number of amides is 2. The monoisotopic (exact) mass is 460 g/mol. The molecule has 32 heavy (non-hydrogen) atoms. The predicted octanol–water partition coefficient (Wildman–Crippen LogP) is 3.26. The van der Waals surface area contributed by atoms with E-state index in [1.165, 1.54) is 32.1 Å². The summed E-state index contributed by atoms with van der Waals surface area (Å²) in [5.41, 5.74) is 0.561. The predicted molar refractivity (Wildman–Crippen MR) is 128 cm³/mol. The molecule has 3 fully saturated rings. The van der Waals surface area contributed by atoms with Gasteiger partial charge in [-0.05, 0) is 56.8 Å². The van der Waals surface area contributed by atoms with E-state index in [0.717, 1.165) is 52.1 Å². The first-order chi connectivity index (χ1) is 15.6. The minimum atomic E-state index is -0.0728. The smallest absolute Gasteiger partial charge is 0.255 e. The van der Waals surface area contributed by atoms with E-state index in [0.29, 0.717) is 29.6 Å². The number of likely N-dealkylation sites (tertiary alicyclic amines) is 1. The van der Waals surface area contributed by atoms with Gasteiger partial charge < -0.3 is 15.1 Å². The molecule has 6 nitrogen and oxygen atoms in total. The Kier molecular flexibility index (Phi) is 8.44. The van der Waals surface area contributed by atoms with Crippen LogP contribution in [0.3, 0.4) is 0 Å². The topological polar surface area (TPSA) is 55.9 Å². The normalized spacial score (nSPS) is 22.1. The molecule has 1 saturated carbocycles. The highest BCUT2D eigenvalue weighted by Gasteiger charge is 2.37. The van der Waals surface area contributed by atoms with Crippen molar-refractivity contribution in [1.82, 2.24) is 20.0 Å². The summed E-state index contributed by atoms with van der Waals surface area (Å²) in [5.74, 6) is 0.592. The van der Waals surface area contributed by atoms with Crippen molar-refractivity contribution in [2.45, 2.75) is 51.0 Å². The van der Waals surface area contributed by atoms with Crippen LogP contribution in [0.1, 0.15) is 55.3 Å². The number of rotatable bonds is 7. The van der Waals surface area contributed by atoms with Crippen LogP contribution in [0.15, 0.2) is 24.3 Å². The van der Waals surface area contributed by atoms with Gasteiger partial charge in [0.05, 0.1) is 16.6 Å². The number of carbonyl (C=O) groups is 2. The lowest BCUT2D eigenvalue weighted by atomic mass is 9.95. The van der Waals surface area contributed by atoms with Crippen molar-refractivity contribution < 1.29 is 9.59 Å². The Labute approximate surface area is 197 Å². The summed E-state index contributed by atoms with van der Waals surface area (Å²) in [4.78, 5) is 32.9. The first-order valence-electron chi connectivity index (χ1n) is 12.4. The molecule has 0 aromatic heterocycles. The zero-order valence-electron chi connectivity index (χ0n) is 19.1. The maximum Gasteiger partial charge on any atom is 0.255 e. The van der Waals surface area contributed by atoms with Crippen LogP contribution in [-0.4, -0.2) is 84.9 Å². The minimum Gasteiger partial charge on any atom is -0.353 e. The lowest BCUT2D eigenvalue weighted by Crippen LogP contribution is -2.58. The van der Waals surface area contributed by atoms with Gasteiger partial charge in [-0.2, -0.15) is 0 Å². The van der Waals surface area contributed by atoms with Gasteiger partial charge in [0, 0.05) is 39.3 Å². The van der Waals surface area contributed by atoms with Crippen molar-refractivity contribution in [3.8, 4) is 0 Å². The molecule has 4 rings (SSSR count). The number of piperazine rings is 1. The highest BCUT2D eigenvalue weighted by atomic mass is 35.5. The summed E-state index contributed by atoms with van der Waals surface area (Å²) >= 11 is 6.24. The number of halogens is 1. The Morgan fingerprint density at radius 2 is 1.62 bits per heavy atom. The minimum absolute atomic E-state index is 0.0151. The molecule has 0 unspecified atom stereocenters. The number of hydrogen-bond acceptors (Lipinski definition) is 4. The van der Waals surface area contributed by atoms with Crippen molar-refractivity contribution in [1.29, 1.82) is 0 Å². The highest BCUT2D eigenvalue weighted by Crippen LogP contribution is 2.31. The largest absolute Gasteiger partial charge is 0.353 e. The number of nitrogens with one attached hydrogen (secondary N) is 1. The summed E-state index contributed by atoms with van der Waals surface area (Å²) in [6.45, 7) is 6.72. The molecular weight excluding hydrogens is 424 g/mol. The van der Waals surface area contributed by atoms with Gasteiger partial charge in [0.15, 0.2) is 0 Å². The van der Waals surface area contributed by atoms with Gasteiger partial charge in [-0.1, -0.05) is 43.0 Å². The van der Waals surface area contributed by atoms with Gasteiger partial charge in [-0.15, -0.1) is 0 Å². The number of piperidine rings is 1. The van der Waals surface area contributed by atoms with E-state index in [-0.39, 0.29) is 17.9 Å². The summed E-state index contributed by atoms with van der Waals surface area (Å²) < 4.78 is 0. The first-order valence-corrected chi connectivity index (χ1v) is 12.8. The highest BCUT2D eigenvalue weighted by molar-refractivity contribution is 6.33. The average Bonchev–Trinajstić information content (AvgIpc) is 3.35. The molecular formula is C25H37ClN4O2. The summed E-state index contributed by atoms with van der Waals surface area (Å²) in [6, 6.07) is 7.16. The molecule has 0 bridgehead atoms. The van der Waals surface area contributed by atoms with Crippen LogP contribution in [0, 0.1) is 5.92 Å². The standard InChI is InChI=1S/C25H37ClN4O2/c26-22-11-5-4-10-21(22)25(32)30-18-16-29(17-19-30)23(20-8-2-3-9-20)24(31)27-12-15-28-13-6-1-7-14-28/h4-5,10-11,20,23H,1-3,6-9,12-19H2,(H,27,31)/t23-/m0/s1. The van der Waals surface area contributed by atoms with Crippen LogP contribution in [0.4, 0.5) is 0 Å². The molecule has 0 radical (unpaired) electrons. The van der Waals surface area contributed by atoms with Crippen LogP contribution in [0.25, 0.3) is 0 Å². The van der Waals surface area contributed by atoms with Crippen molar-refractivity contribution >= 4 is 23.4 Å². The van der Waals surface area contributed by atoms with E-state index in [9.17, 15) is 9.59 Å². The van der Waals surface area contributed by atoms with Gasteiger partial charge in [0.2, 0.25) is 5.91 Å². The summed E-state index contributed by atoms with van der Waals surface area (Å²) in [7, 11) is 0. The van der Waals surface area contributed by atoms with E-state index in [4.69, 9.17) is 11.6 Å². The van der Waals surface area contributed by atoms with Gasteiger partial charge in [0.1, 0.15) is 0 Å². The number of hydrogen-bond donors (Lipinski definition) is 1. The Morgan fingerprint density at radius 3 is 2.31 bits per heavy atom. The Bertz CT molecular complexity index is 769. The zero-order chi connectivity index (χ0) is 22.3. The lowest BCUT2D eigenvalue weighted by molar-refractivity contribution is -0.129. The first kappa shape index (κ1) is 23.5.